The van der Waals surface area contributed by atoms with Gasteiger partial charge in [0.05, 0.1) is 25.0 Å². The highest BCUT2D eigenvalue weighted by Crippen LogP contribution is 2.29. The van der Waals surface area contributed by atoms with Gasteiger partial charge in [-0.3, -0.25) is 9.59 Å². The molecular formula is C24H20F4N6O4. The van der Waals surface area contributed by atoms with Gasteiger partial charge in [-0.05, 0) is 43.3 Å². The van der Waals surface area contributed by atoms with Crippen LogP contribution in [0, 0.1) is 5.82 Å². The number of anilines is 1. The van der Waals surface area contributed by atoms with Crippen LogP contribution < -0.4 is 20.1 Å². The topological polar surface area (TPSA) is 120 Å². The molecular weight excluding hydrogens is 512 g/mol. The maximum absolute atomic E-state index is 14.4. The largest absolute Gasteiger partial charge is 0.573 e. The number of imidazole rings is 1. The molecule has 1 atom stereocenters. The van der Waals surface area contributed by atoms with E-state index in [1.54, 1.807) is 12.1 Å². The molecule has 3 aromatic heterocycles. The van der Waals surface area contributed by atoms with E-state index in [0.717, 1.165) is 18.2 Å². The third-order valence-corrected chi connectivity index (χ3v) is 5.22. The van der Waals surface area contributed by atoms with Crippen molar-refractivity contribution in [2.75, 3.05) is 12.4 Å². The predicted octanol–water partition coefficient (Wildman–Crippen LogP) is 4.29. The molecule has 0 fully saturated rings. The molecule has 0 bridgehead atoms. The van der Waals surface area contributed by atoms with Crippen LogP contribution in [0.3, 0.4) is 0 Å². The Morgan fingerprint density at radius 3 is 2.58 bits per heavy atom. The Bertz CT molecular complexity index is 1520. The minimum atomic E-state index is -4.96. The third-order valence-electron chi connectivity index (χ3n) is 5.22. The molecule has 4 rings (SSSR count). The number of hydrogen-bond acceptors (Lipinski definition) is 7. The summed E-state index contributed by atoms with van der Waals surface area (Å²) in [6.45, 7) is 2.75. The quantitative estimate of drug-likeness (QED) is 0.341. The summed E-state index contributed by atoms with van der Waals surface area (Å²) in [6, 6.07) is 6.21. The Hall–Kier alpha value is -4.75. The number of amides is 2. The van der Waals surface area contributed by atoms with E-state index >= 15 is 0 Å². The molecule has 0 saturated carbocycles. The normalized spacial score (nSPS) is 12.2. The molecule has 10 nitrogen and oxygen atoms in total. The zero-order valence-corrected chi connectivity index (χ0v) is 20.1. The lowest BCUT2D eigenvalue weighted by Gasteiger charge is -2.18. The fraction of sp³-hybridized carbons (Fsp3) is 0.208. The number of methoxy groups -OCH3 is 1. The first-order chi connectivity index (χ1) is 17.9. The second-order valence-corrected chi connectivity index (χ2v) is 8.04. The minimum Gasteiger partial charge on any atom is -0.480 e. The molecule has 1 aromatic carbocycles. The molecule has 0 aliphatic rings. The van der Waals surface area contributed by atoms with Gasteiger partial charge in [-0.2, -0.15) is 5.10 Å². The molecule has 2 amide bonds. The smallest absolute Gasteiger partial charge is 0.480 e. The number of alkyl halides is 3. The zero-order valence-electron chi connectivity index (χ0n) is 20.1. The Balaban J connectivity index is 1.61. The molecule has 38 heavy (non-hydrogen) atoms. The lowest BCUT2D eigenvalue weighted by molar-refractivity contribution is -0.274. The molecule has 0 radical (unpaired) electrons. The first-order valence-electron chi connectivity index (χ1n) is 11.0. The van der Waals surface area contributed by atoms with Crippen molar-refractivity contribution in [3.63, 3.8) is 0 Å². The number of aromatic nitrogens is 4. The van der Waals surface area contributed by atoms with Crippen LogP contribution in [0.2, 0.25) is 0 Å². The van der Waals surface area contributed by atoms with Crippen molar-refractivity contribution < 1.29 is 36.6 Å². The number of pyridine rings is 1. The van der Waals surface area contributed by atoms with Crippen molar-refractivity contribution >= 4 is 23.3 Å². The van der Waals surface area contributed by atoms with Crippen LogP contribution in [0.25, 0.3) is 16.9 Å². The number of rotatable bonds is 7. The summed E-state index contributed by atoms with van der Waals surface area (Å²) in [7, 11) is 1.30. The molecule has 4 aromatic rings. The number of nitrogens with zero attached hydrogens (tertiary/aromatic N) is 4. The number of halogens is 4. The number of fused-ring (bicyclic) bond motifs is 1. The first-order valence-corrected chi connectivity index (χ1v) is 11.0. The van der Waals surface area contributed by atoms with E-state index in [1.807, 2.05) is 0 Å². The van der Waals surface area contributed by atoms with E-state index in [2.05, 4.69) is 30.4 Å². The van der Waals surface area contributed by atoms with Gasteiger partial charge in [-0.1, -0.05) is 0 Å². The van der Waals surface area contributed by atoms with E-state index in [-0.39, 0.29) is 22.9 Å². The highest BCUT2D eigenvalue weighted by Gasteiger charge is 2.31. The molecule has 0 spiro atoms. The van der Waals surface area contributed by atoms with Crippen molar-refractivity contribution in [1.82, 2.24) is 24.9 Å². The summed E-state index contributed by atoms with van der Waals surface area (Å²) < 4.78 is 62.6. The van der Waals surface area contributed by atoms with Crippen LogP contribution >= 0.6 is 0 Å². The molecule has 0 aliphatic carbocycles. The van der Waals surface area contributed by atoms with Gasteiger partial charge in [0.15, 0.2) is 11.5 Å². The van der Waals surface area contributed by atoms with Crippen molar-refractivity contribution in [2.24, 2.45) is 0 Å². The van der Waals surface area contributed by atoms with Crippen molar-refractivity contribution in [2.45, 2.75) is 26.3 Å². The molecule has 0 unspecified atom stereocenters. The average molecular weight is 532 g/mol. The lowest BCUT2D eigenvalue weighted by atomic mass is 10.1. The number of carbonyl (C=O) groups is 2. The Labute approximate surface area is 212 Å². The number of hydrogen-bond donors (Lipinski definition) is 2. The number of carbonyl (C=O) groups excluding carboxylic acids is 2. The number of ether oxygens (including phenoxy) is 2. The van der Waals surface area contributed by atoms with E-state index < -0.39 is 29.9 Å². The zero-order chi connectivity index (χ0) is 27.6. The summed E-state index contributed by atoms with van der Waals surface area (Å²) in [5.41, 5.74) is 1.05. The standard InChI is InChI=1S/C24H20F4N6O4/c1-12(16-9-15(4-5-18(16)25)38-24(26,27)28)30-22(36)17-8-14(10-29-23(17)37-3)19-6-7-21-32-20(31-13(2)35)11-34(21)33-19/h4-12H,1-3H3,(H,30,36)(H,31,35)/t12-/m0/s1. The van der Waals surface area contributed by atoms with Gasteiger partial charge >= 0.3 is 6.36 Å². The SMILES string of the molecule is COc1ncc(-c2ccc3nc(NC(C)=O)cn3n2)cc1C(=O)N[C@@H](C)c1cc(OC(F)(F)F)ccc1F. The van der Waals surface area contributed by atoms with Crippen molar-refractivity contribution in [1.29, 1.82) is 0 Å². The Morgan fingerprint density at radius 1 is 1.13 bits per heavy atom. The Kier molecular flexibility index (Phi) is 7.15. The second kappa shape index (κ2) is 10.3. The van der Waals surface area contributed by atoms with Crippen LogP contribution in [-0.2, 0) is 4.79 Å². The highest BCUT2D eigenvalue weighted by atomic mass is 19.4. The maximum Gasteiger partial charge on any atom is 0.573 e. The predicted molar refractivity (Wildman–Crippen MR) is 126 cm³/mol. The molecule has 3 heterocycles. The molecule has 2 N–H and O–H groups in total. The highest BCUT2D eigenvalue weighted by molar-refractivity contribution is 5.97. The molecule has 198 valence electrons. The van der Waals surface area contributed by atoms with Gasteiger partial charge in [0.1, 0.15) is 17.1 Å². The van der Waals surface area contributed by atoms with Gasteiger partial charge in [0, 0.05) is 24.2 Å². The number of nitrogens with one attached hydrogen (secondary N) is 2. The van der Waals surface area contributed by atoms with Crippen molar-refractivity contribution in [3.8, 4) is 22.9 Å². The van der Waals surface area contributed by atoms with Gasteiger partial charge in [0.25, 0.3) is 5.91 Å². The van der Waals surface area contributed by atoms with Gasteiger partial charge in [-0.15, -0.1) is 13.2 Å². The van der Waals surface area contributed by atoms with Crippen LogP contribution in [0.15, 0.2) is 48.8 Å². The van der Waals surface area contributed by atoms with E-state index in [0.29, 0.717) is 22.7 Å². The second-order valence-electron chi connectivity index (χ2n) is 8.04. The molecule has 0 aliphatic heterocycles. The van der Waals surface area contributed by atoms with E-state index in [1.165, 1.54) is 43.9 Å². The fourth-order valence-electron chi connectivity index (χ4n) is 3.60. The Morgan fingerprint density at radius 2 is 1.89 bits per heavy atom. The van der Waals surface area contributed by atoms with Crippen LogP contribution in [0.4, 0.5) is 23.4 Å². The van der Waals surface area contributed by atoms with Crippen LogP contribution in [0.5, 0.6) is 11.6 Å². The molecule has 14 heteroatoms. The molecule has 0 saturated heterocycles. The fourth-order valence-corrected chi connectivity index (χ4v) is 3.60. The van der Waals surface area contributed by atoms with Gasteiger partial charge in [-0.25, -0.2) is 18.9 Å². The summed E-state index contributed by atoms with van der Waals surface area (Å²) in [5, 5.41) is 9.52. The number of benzene rings is 1. The van der Waals surface area contributed by atoms with E-state index in [9.17, 15) is 27.2 Å². The summed E-state index contributed by atoms with van der Waals surface area (Å²) in [5.74, 6) is -2.20. The van der Waals surface area contributed by atoms with Gasteiger partial charge in [0.2, 0.25) is 11.8 Å². The third kappa shape index (κ3) is 5.96. The lowest BCUT2D eigenvalue weighted by Crippen LogP contribution is -2.28. The summed E-state index contributed by atoms with van der Waals surface area (Å²) in [6.07, 6.45) is -2.02. The van der Waals surface area contributed by atoms with Crippen LogP contribution in [-0.4, -0.2) is 44.9 Å². The summed E-state index contributed by atoms with van der Waals surface area (Å²) >= 11 is 0. The summed E-state index contributed by atoms with van der Waals surface area (Å²) in [4.78, 5) is 32.8. The van der Waals surface area contributed by atoms with E-state index in [4.69, 9.17) is 4.74 Å². The monoisotopic (exact) mass is 532 g/mol. The van der Waals surface area contributed by atoms with Crippen LogP contribution in [0.1, 0.15) is 35.8 Å². The maximum atomic E-state index is 14.4. The van der Waals surface area contributed by atoms with Crippen molar-refractivity contribution in [3.05, 3.63) is 65.7 Å². The first kappa shape index (κ1) is 26.3. The minimum absolute atomic E-state index is 0.0218. The van der Waals surface area contributed by atoms with Gasteiger partial charge < -0.3 is 20.1 Å². The average Bonchev–Trinajstić information content (AvgIpc) is 3.24.